The zero-order chi connectivity index (χ0) is 15.7. The van der Waals surface area contributed by atoms with Gasteiger partial charge in [0.05, 0.1) is 4.88 Å². The van der Waals surface area contributed by atoms with Gasteiger partial charge in [-0.3, -0.25) is 4.79 Å². The number of thiophene rings is 1. The number of carbonyl (C=O) groups excluding carboxylic acids is 1. The van der Waals surface area contributed by atoms with Gasteiger partial charge < -0.3 is 5.32 Å². The third-order valence-electron chi connectivity index (χ3n) is 3.53. The molecule has 0 aliphatic carbocycles. The molecule has 1 N–H and O–H groups in total. The first-order valence-electron chi connectivity index (χ1n) is 7.20. The van der Waals surface area contributed by atoms with E-state index in [1.54, 1.807) is 11.3 Å². The van der Waals surface area contributed by atoms with Crippen LogP contribution in [0.3, 0.4) is 0 Å². The number of amidine groups is 1. The summed E-state index contributed by atoms with van der Waals surface area (Å²) in [5, 5.41) is 4.78. The summed E-state index contributed by atoms with van der Waals surface area (Å²) in [6.45, 7) is 6.55. The van der Waals surface area contributed by atoms with E-state index in [1.807, 2.05) is 35.7 Å². The van der Waals surface area contributed by atoms with Crippen LogP contribution in [0, 0.1) is 0 Å². The molecule has 1 aliphatic heterocycles. The van der Waals surface area contributed by atoms with Crippen LogP contribution in [0.1, 0.15) is 36.8 Å². The maximum absolute atomic E-state index is 12.0. The van der Waals surface area contributed by atoms with Gasteiger partial charge in [-0.15, -0.1) is 11.3 Å². The summed E-state index contributed by atoms with van der Waals surface area (Å²) < 4.78 is 0. The van der Waals surface area contributed by atoms with Crippen LogP contribution in [-0.2, 0) is 10.2 Å². The molecule has 0 radical (unpaired) electrons. The van der Waals surface area contributed by atoms with Crippen LogP contribution in [0.15, 0.2) is 52.5 Å². The van der Waals surface area contributed by atoms with E-state index in [1.165, 1.54) is 5.56 Å². The fraction of sp³-hybridized carbons (Fsp3) is 0.222. The average Bonchev–Trinajstić information content (AvgIpc) is 3.09. The van der Waals surface area contributed by atoms with Crippen molar-refractivity contribution < 1.29 is 4.79 Å². The van der Waals surface area contributed by atoms with E-state index < -0.39 is 0 Å². The lowest BCUT2D eigenvalue weighted by Crippen LogP contribution is -2.23. The molecule has 2 aromatic rings. The van der Waals surface area contributed by atoms with Crippen molar-refractivity contribution in [1.82, 2.24) is 5.32 Å². The number of nitrogens with zero attached hydrogens (tertiary/aromatic N) is 1. The topological polar surface area (TPSA) is 41.5 Å². The molecular formula is C18H18N2OS. The molecule has 1 amide bonds. The normalized spacial score (nSPS) is 16.8. The molecule has 0 unspecified atom stereocenters. The Bertz CT molecular complexity index is 747. The second kappa shape index (κ2) is 5.54. The Morgan fingerprint density at radius 1 is 1.14 bits per heavy atom. The van der Waals surface area contributed by atoms with E-state index in [0.717, 1.165) is 10.4 Å². The molecule has 3 nitrogen and oxygen atoms in total. The molecule has 0 bridgehead atoms. The molecule has 1 aliphatic rings. The summed E-state index contributed by atoms with van der Waals surface area (Å²) in [6, 6.07) is 12.2. The van der Waals surface area contributed by atoms with Crippen molar-refractivity contribution in [2.75, 3.05) is 0 Å². The molecular weight excluding hydrogens is 292 g/mol. The van der Waals surface area contributed by atoms with E-state index in [0.29, 0.717) is 11.5 Å². The second-order valence-corrected chi connectivity index (χ2v) is 7.24. The lowest BCUT2D eigenvalue weighted by Gasteiger charge is -2.18. The highest BCUT2D eigenvalue weighted by Gasteiger charge is 2.21. The lowest BCUT2D eigenvalue weighted by atomic mass is 9.87. The van der Waals surface area contributed by atoms with Crippen molar-refractivity contribution >= 4 is 29.2 Å². The minimum atomic E-state index is -0.150. The van der Waals surface area contributed by atoms with Gasteiger partial charge in [-0.05, 0) is 34.1 Å². The molecule has 0 saturated carbocycles. The maximum atomic E-state index is 12.0. The molecule has 1 aromatic carbocycles. The Hall–Kier alpha value is -2.20. The number of carbonyl (C=O) groups is 1. The Morgan fingerprint density at radius 3 is 2.45 bits per heavy atom. The summed E-state index contributed by atoms with van der Waals surface area (Å²) in [4.78, 5) is 17.4. The molecule has 22 heavy (non-hydrogen) atoms. The van der Waals surface area contributed by atoms with Gasteiger partial charge in [0.2, 0.25) is 0 Å². The molecule has 112 valence electrons. The van der Waals surface area contributed by atoms with Crippen LogP contribution < -0.4 is 5.32 Å². The van der Waals surface area contributed by atoms with E-state index >= 15 is 0 Å². The van der Waals surface area contributed by atoms with Gasteiger partial charge >= 0.3 is 0 Å². The predicted molar refractivity (Wildman–Crippen MR) is 92.1 cm³/mol. The highest BCUT2D eigenvalue weighted by atomic mass is 32.1. The van der Waals surface area contributed by atoms with Gasteiger partial charge in [0, 0.05) is 0 Å². The van der Waals surface area contributed by atoms with Crippen molar-refractivity contribution in [1.29, 1.82) is 0 Å². The molecule has 0 fully saturated rings. The molecule has 2 heterocycles. The predicted octanol–water partition coefficient (Wildman–Crippen LogP) is 3.96. The average molecular weight is 310 g/mol. The monoisotopic (exact) mass is 310 g/mol. The van der Waals surface area contributed by atoms with E-state index in [4.69, 9.17) is 0 Å². The number of benzene rings is 1. The number of nitrogens with one attached hydrogen (secondary N) is 1. The summed E-state index contributed by atoms with van der Waals surface area (Å²) in [7, 11) is 0. The van der Waals surface area contributed by atoms with Crippen LogP contribution in [0.4, 0.5) is 0 Å². The van der Waals surface area contributed by atoms with E-state index in [-0.39, 0.29) is 11.3 Å². The smallest absolute Gasteiger partial charge is 0.275 e. The molecule has 0 spiro atoms. The largest absolute Gasteiger partial charge is 0.304 e. The van der Waals surface area contributed by atoms with Crippen molar-refractivity contribution in [3.63, 3.8) is 0 Å². The Balaban J connectivity index is 1.87. The van der Waals surface area contributed by atoms with Crippen molar-refractivity contribution in [3.05, 3.63) is 63.5 Å². The number of amides is 1. The van der Waals surface area contributed by atoms with Crippen molar-refractivity contribution in [2.24, 2.45) is 4.99 Å². The lowest BCUT2D eigenvalue weighted by molar-refractivity contribution is -0.115. The van der Waals surface area contributed by atoms with E-state index in [9.17, 15) is 4.79 Å². The van der Waals surface area contributed by atoms with Gasteiger partial charge in [0.25, 0.3) is 5.91 Å². The highest BCUT2D eigenvalue weighted by molar-refractivity contribution is 7.12. The van der Waals surface area contributed by atoms with Crippen molar-refractivity contribution in [2.45, 2.75) is 26.2 Å². The van der Waals surface area contributed by atoms with Crippen LogP contribution >= 0.6 is 11.3 Å². The van der Waals surface area contributed by atoms with Gasteiger partial charge in [-0.2, -0.15) is 0 Å². The third kappa shape index (κ3) is 3.02. The van der Waals surface area contributed by atoms with E-state index in [2.05, 4.69) is 43.2 Å². The second-order valence-electron chi connectivity index (χ2n) is 6.29. The zero-order valence-electron chi connectivity index (χ0n) is 12.9. The highest BCUT2D eigenvalue weighted by Crippen LogP contribution is 2.23. The molecule has 0 atom stereocenters. The molecule has 3 rings (SSSR count). The Kier molecular flexibility index (Phi) is 3.71. The zero-order valence-corrected chi connectivity index (χ0v) is 13.7. The van der Waals surface area contributed by atoms with Crippen LogP contribution in [0.25, 0.3) is 6.08 Å². The first kappa shape index (κ1) is 14.7. The number of hydrogen-bond donors (Lipinski definition) is 1. The third-order valence-corrected chi connectivity index (χ3v) is 4.41. The Labute approximate surface area is 134 Å². The fourth-order valence-electron chi connectivity index (χ4n) is 2.24. The van der Waals surface area contributed by atoms with Gasteiger partial charge in [0.15, 0.2) is 5.84 Å². The maximum Gasteiger partial charge on any atom is 0.275 e. The van der Waals surface area contributed by atoms with Crippen LogP contribution in [0.5, 0.6) is 0 Å². The van der Waals surface area contributed by atoms with Gasteiger partial charge in [0.1, 0.15) is 5.70 Å². The van der Waals surface area contributed by atoms with Gasteiger partial charge in [-0.1, -0.05) is 51.1 Å². The summed E-state index contributed by atoms with van der Waals surface area (Å²) >= 11 is 1.56. The minimum Gasteiger partial charge on any atom is -0.304 e. The first-order chi connectivity index (χ1) is 10.4. The summed E-state index contributed by atoms with van der Waals surface area (Å²) in [5.41, 5.74) is 2.83. The molecule has 4 heteroatoms. The van der Waals surface area contributed by atoms with Crippen LogP contribution in [-0.4, -0.2) is 11.7 Å². The van der Waals surface area contributed by atoms with Gasteiger partial charge in [-0.25, -0.2) is 4.99 Å². The standard InChI is InChI=1S/C18H18N2OS/c1-18(2,3)13-8-6-12(7-9-13)11-14-17(21)20-16(19-14)15-5-4-10-22-15/h4-11H,1-3H3,(H,19,20,21)/b14-11+. The summed E-state index contributed by atoms with van der Waals surface area (Å²) in [6.07, 6.45) is 1.82. The quantitative estimate of drug-likeness (QED) is 0.838. The molecule has 1 aromatic heterocycles. The minimum absolute atomic E-state index is 0.126. The summed E-state index contributed by atoms with van der Waals surface area (Å²) in [5.74, 6) is 0.487. The fourth-order valence-corrected chi connectivity index (χ4v) is 2.90. The number of aliphatic imine (C=N–C) groups is 1. The molecule has 0 saturated heterocycles. The van der Waals surface area contributed by atoms with Crippen LogP contribution in [0.2, 0.25) is 0 Å². The Morgan fingerprint density at radius 2 is 1.86 bits per heavy atom. The first-order valence-corrected chi connectivity index (χ1v) is 8.07. The van der Waals surface area contributed by atoms with Crippen molar-refractivity contribution in [3.8, 4) is 0 Å². The number of rotatable bonds is 2. The number of hydrogen-bond acceptors (Lipinski definition) is 3. The SMILES string of the molecule is CC(C)(C)c1ccc(/C=C2/N=C(c3cccs3)NC2=O)cc1.